The third kappa shape index (κ3) is 11.9. The zero-order valence-electron chi connectivity index (χ0n) is 29.9. The average molecular weight is 677 g/mol. The summed E-state index contributed by atoms with van der Waals surface area (Å²) in [4.78, 5) is 59.5. The Morgan fingerprint density at radius 1 is 0.918 bits per heavy atom. The summed E-state index contributed by atoms with van der Waals surface area (Å²) >= 11 is 0. The number of primary amides is 1. The number of nitrogens with two attached hydrogens (primary N) is 1. The Morgan fingerprint density at radius 2 is 1.63 bits per heavy atom. The number of benzene rings is 2. The molecule has 2 aromatic carbocycles. The minimum absolute atomic E-state index is 0.0367. The summed E-state index contributed by atoms with van der Waals surface area (Å²) in [5.74, 6) is 0.326. The molecule has 1 unspecified atom stereocenters. The number of hydrogen-bond acceptors (Lipinski definition) is 7. The van der Waals surface area contributed by atoms with Crippen molar-refractivity contribution < 1.29 is 23.9 Å². The molecule has 268 valence electrons. The highest BCUT2D eigenvalue weighted by Crippen LogP contribution is 2.35. The summed E-state index contributed by atoms with van der Waals surface area (Å²) in [5, 5.41) is 3.01. The lowest BCUT2D eigenvalue weighted by Gasteiger charge is -2.37. The van der Waals surface area contributed by atoms with E-state index in [-0.39, 0.29) is 43.3 Å². The predicted molar refractivity (Wildman–Crippen MR) is 192 cm³/mol. The molecular formula is C38H56N6O5. The van der Waals surface area contributed by atoms with E-state index in [4.69, 9.17) is 10.5 Å². The van der Waals surface area contributed by atoms with Gasteiger partial charge in [0.25, 0.3) is 5.91 Å². The van der Waals surface area contributed by atoms with Gasteiger partial charge in [-0.2, -0.15) is 0 Å². The zero-order valence-corrected chi connectivity index (χ0v) is 29.9. The average Bonchev–Trinajstić information content (AvgIpc) is 3.07. The third-order valence-corrected chi connectivity index (χ3v) is 9.55. The van der Waals surface area contributed by atoms with Crippen LogP contribution in [0.15, 0.2) is 42.5 Å². The Hall–Kier alpha value is -3.96. The molecule has 0 aromatic heterocycles. The van der Waals surface area contributed by atoms with E-state index in [2.05, 4.69) is 10.2 Å². The summed E-state index contributed by atoms with van der Waals surface area (Å²) in [5.41, 5.74) is 8.42. The van der Waals surface area contributed by atoms with Crippen LogP contribution in [0.1, 0.15) is 85.3 Å². The Morgan fingerprint density at radius 3 is 2.31 bits per heavy atom. The molecule has 49 heavy (non-hydrogen) atoms. The van der Waals surface area contributed by atoms with Crippen molar-refractivity contribution in [3.63, 3.8) is 0 Å². The fourth-order valence-electron chi connectivity index (χ4n) is 6.77. The van der Waals surface area contributed by atoms with Gasteiger partial charge in [0, 0.05) is 50.3 Å². The molecule has 0 bridgehead atoms. The smallest absolute Gasteiger partial charge is 0.254 e. The molecule has 1 fully saturated rings. The first-order valence-corrected chi connectivity index (χ1v) is 17.8. The summed E-state index contributed by atoms with van der Waals surface area (Å²) in [7, 11) is 7.86. The van der Waals surface area contributed by atoms with Crippen molar-refractivity contribution in [2.24, 2.45) is 11.7 Å². The number of nitrogens with one attached hydrogen (secondary N) is 1. The van der Waals surface area contributed by atoms with Gasteiger partial charge in [0.1, 0.15) is 5.75 Å². The lowest BCUT2D eigenvalue weighted by atomic mass is 9.86. The minimum Gasteiger partial charge on any atom is -0.494 e. The van der Waals surface area contributed by atoms with Gasteiger partial charge in [-0.15, -0.1) is 0 Å². The van der Waals surface area contributed by atoms with E-state index >= 15 is 0 Å². The van der Waals surface area contributed by atoms with Crippen LogP contribution in [0.25, 0.3) is 0 Å². The largest absolute Gasteiger partial charge is 0.494 e. The number of rotatable bonds is 18. The van der Waals surface area contributed by atoms with Gasteiger partial charge in [-0.25, -0.2) is 0 Å². The van der Waals surface area contributed by atoms with Crippen LogP contribution in [-0.4, -0.2) is 111 Å². The molecule has 2 aliphatic rings. The van der Waals surface area contributed by atoms with Crippen molar-refractivity contribution >= 4 is 29.3 Å². The van der Waals surface area contributed by atoms with Crippen molar-refractivity contribution in [2.45, 2.75) is 70.3 Å². The van der Waals surface area contributed by atoms with Crippen molar-refractivity contribution in [3.8, 4) is 5.75 Å². The van der Waals surface area contributed by atoms with Crippen LogP contribution < -0.4 is 15.8 Å². The highest BCUT2D eigenvalue weighted by atomic mass is 16.5. The van der Waals surface area contributed by atoms with Gasteiger partial charge in [-0.05, 0) is 88.8 Å². The standard InChI is InChI=1S/C38H56N6O5/c1-41(2)20-8-24-49-32-16-13-29(14-17-32)34-25-30-12-15-31(40-36(46)18-11-28-9-6-5-7-10-28)26-33(30)38(48)44(34)21-19-37(47)43(27-35(39)45)23-22-42(3)4/h12-17,26,28,34H,5-11,18-25,27H2,1-4H3,(H2,39,45)(H,40,46). The van der Waals surface area contributed by atoms with Crippen LogP contribution >= 0.6 is 0 Å². The Labute approximate surface area is 292 Å². The van der Waals surface area contributed by atoms with Gasteiger partial charge < -0.3 is 35.4 Å². The molecule has 11 nitrogen and oxygen atoms in total. The Kier molecular flexibility index (Phi) is 14.5. The maximum absolute atomic E-state index is 14.2. The first-order chi connectivity index (χ1) is 23.5. The van der Waals surface area contributed by atoms with Gasteiger partial charge in [0.15, 0.2) is 0 Å². The molecule has 4 amide bonds. The molecule has 0 radical (unpaired) electrons. The van der Waals surface area contributed by atoms with E-state index in [1.807, 2.05) is 69.5 Å². The molecule has 3 N–H and O–H groups in total. The molecule has 0 spiro atoms. The molecule has 2 aromatic rings. The van der Waals surface area contributed by atoms with Gasteiger partial charge in [0.05, 0.1) is 19.2 Å². The van der Waals surface area contributed by atoms with Crippen LogP contribution in [0.2, 0.25) is 0 Å². The van der Waals surface area contributed by atoms with Crippen LogP contribution in [-0.2, 0) is 20.8 Å². The molecule has 1 saturated carbocycles. The van der Waals surface area contributed by atoms with E-state index in [9.17, 15) is 19.2 Å². The monoisotopic (exact) mass is 676 g/mol. The van der Waals surface area contributed by atoms with Crippen LogP contribution in [0.3, 0.4) is 0 Å². The Bertz CT molecular complexity index is 1410. The fraction of sp³-hybridized carbons (Fsp3) is 0.579. The first kappa shape index (κ1) is 37.9. The first-order valence-electron chi connectivity index (χ1n) is 17.8. The van der Waals surface area contributed by atoms with E-state index in [1.165, 1.54) is 37.0 Å². The lowest BCUT2D eigenvalue weighted by Crippen LogP contribution is -2.45. The number of hydrogen-bond donors (Lipinski definition) is 2. The topological polar surface area (TPSA) is 129 Å². The van der Waals surface area contributed by atoms with Gasteiger partial charge in [0.2, 0.25) is 17.7 Å². The van der Waals surface area contributed by atoms with E-state index < -0.39 is 5.91 Å². The second-order valence-corrected chi connectivity index (χ2v) is 14.1. The van der Waals surface area contributed by atoms with Crippen LogP contribution in [0.5, 0.6) is 5.75 Å². The molecule has 4 rings (SSSR count). The van der Waals surface area contributed by atoms with Gasteiger partial charge >= 0.3 is 0 Å². The molecule has 1 heterocycles. The number of fused-ring (bicyclic) bond motifs is 1. The lowest BCUT2D eigenvalue weighted by molar-refractivity contribution is -0.135. The normalized spacial score (nSPS) is 16.5. The van der Waals surface area contributed by atoms with Gasteiger partial charge in [-0.1, -0.05) is 50.3 Å². The predicted octanol–water partition coefficient (Wildman–Crippen LogP) is 4.32. The van der Waals surface area contributed by atoms with E-state index in [0.717, 1.165) is 36.3 Å². The fourth-order valence-corrected chi connectivity index (χ4v) is 6.77. The van der Waals surface area contributed by atoms with Crippen LogP contribution in [0.4, 0.5) is 5.69 Å². The number of nitrogens with zero attached hydrogens (tertiary/aromatic N) is 4. The summed E-state index contributed by atoms with van der Waals surface area (Å²) in [6, 6.07) is 13.1. The molecule has 0 saturated heterocycles. The van der Waals surface area contributed by atoms with Crippen molar-refractivity contribution in [1.82, 2.24) is 19.6 Å². The van der Waals surface area contributed by atoms with E-state index in [1.54, 1.807) is 11.0 Å². The van der Waals surface area contributed by atoms with Crippen molar-refractivity contribution in [2.75, 3.05) is 72.8 Å². The molecular weight excluding hydrogens is 620 g/mol. The second-order valence-electron chi connectivity index (χ2n) is 14.1. The number of likely N-dealkylation sites (N-methyl/N-ethyl adjacent to an activating group) is 1. The highest BCUT2D eigenvalue weighted by Gasteiger charge is 2.34. The van der Waals surface area contributed by atoms with Gasteiger partial charge in [-0.3, -0.25) is 19.2 Å². The number of ether oxygens (including phenoxy) is 1. The van der Waals surface area contributed by atoms with Crippen LogP contribution in [0, 0.1) is 5.92 Å². The summed E-state index contributed by atoms with van der Waals surface area (Å²) < 4.78 is 5.94. The number of carbonyl (C=O) groups is 4. The number of carbonyl (C=O) groups excluding carboxylic acids is 4. The second kappa shape index (κ2) is 18.7. The third-order valence-electron chi connectivity index (χ3n) is 9.55. The quantitative estimate of drug-likeness (QED) is 0.225. The SMILES string of the molecule is CN(C)CCCOc1ccc(C2Cc3ccc(NC(=O)CCC4CCCCC4)cc3C(=O)N2CCC(=O)N(CCN(C)C)CC(N)=O)cc1. The van der Waals surface area contributed by atoms with Crippen molar-refractivity contribution in [1.29, 1.82) is 0 Å². The maximum atomic E-state index is 14.2. The van der Waals surface area contributed by atoms with E-state index in [0.29, 0.717) is 49.7 Å². The summed E-state index contributed by atoms with van der Waals surface area (Å²) in [6.45, 7) is 2.47. The molecule has 11 heteroatoms. The van der Waals surface area contributed by atoms with Crippen molar-refractivity contribution in [3.05, 3.63) is 59.2 Å². The highest BCUT2D eigenvalue weighted by molar-refractivity contribution is 6.00. The molecule has 1 aliphatic heterocycles. The zero-order chi connectivity index (χ0) is 35.3. The Balaban J connectivity index is 1.51. The number of amides is 4. The molecule has 1 atom stereocenters. The minimum atomic E-state index is -0.578. The molecule has 1 aliphatic carbocycles. The maximum Gasteiger partial charge on any atom is 0.254 e. The number of anilines is 1. The summed E-state index contributed by atoms with van der Waals surface area (Å²) in [6.07, 6.45) is 9.05.